The van der Waals surface area contributed by atoms with Crippen molar-refractivity contribution < 1.29 is 214 Å². The number of hydrogen-bond donors (Lipinski definition) is 0. The molecule has 0 amide bonds. The molecule has 45 nitrogen and oxygen atoms in total. The van der Waals surface area contributed by atoms with Gasteiger partial charge in [0.15, 0.2) is 123 Å². The Morgan fingerprint density at radius 3 is 0.389 bits per heavy atom. The smallest absolute Gasteiger partial charge is 0.305 e. The molecule has 7 fully saturated rings. The number of carbonyl (C=O) groups excluding carboxylic acids is 16. The highest BCUT2D eigenvalue weighted by Gasteiger charge is 2.65. The van der Waals surface area contributed by atoms with Crippen LogP contribution in [0.4, 0.5) is 0 Å². The molecular weight excluding hydrogens is 2170 g/mol. The maximum atomic E-state index is 13.7. The van der Waals surface area contributed by atoms with E-state index in [4.69, 9.17) is 137 Å². The number of halogens is 7. The van der Waals surface area contributed by atoms with Gasteiger partial charge in [-0.25, -0.2) is 0 Å². The van der Waals surface area contributed by atoms with Gasteiger partial charge in [-0.1, -0.05) is 112 Å². The van der Waals surface area contributed by atoms with E-state index in [2.05, 4.69) is 112 Å². The third-order valence-electron chi connectivity index (χ3n) is 18.8. The van der Waals surface area contributed by atoms with Gasteiger partial charge in [-0.05, 0) is 0 Å². The summed E-state index contributed by atoms with van der Waals surface area (Å²) >= 11 is 23.7. The number of rotatable bonds is 35. The zero-order chi connectivity index (χ0) is 93.9. The average molecular weight is 2270 g/mol. The van der Waals surface area contributed by atoms with Gasteiger partial charge < -0.3 is 137 Å². The summed E-state index contributed by atoms with van der Waals surface area (Å²) in [5, 5.41) is -1.95. The Hall–Kier alpha value is -5.64. The number of alkyl halides is 7. The van der Waals surface area contributed by atoms with Crippen LogP contribution in [0.25, 0.3) is 0 Å². The van der Waals surface area contributed by atoms with Gasteiger partial charge in [-0.15, -0.1) is 0 Å². The van der Waals surface area contributed by atoms with E-state index < -0.39 is 310 Å². The predicted molar refractivity (Wildman–Crippen MR) is 431 cm³/mol. The Morgan fingerprint density at radius 1 is 0.151 bits per heavy atom. The van der Waals surface area contributed by atoms with Crippen molar-refractivity contribution in [2.45, 2.75) is 326 Å². The monoisotopic (exact) mass is 2260 g/mol. The summed E-state index contributed by atoms with van der Waals surface area (Å²) in [5.74, 6) is -16.2. The van der Waals surface area contributed by atoms with E-state index in [0.29, 0.717) is 0 Å². The first-order valence-corrected chi connectivity index (χ1v) is 46.3. The summed E-state index contributed by atoms with van der Waals surface area (Å²) in [5.41, 5.74) is 0. The van der Waals surface area contributed by atoms with Crippen LogP contribution in [-0.2, 0) is 214 Å². The second-order valence-corrected chi connectivity index (χ2v) is 33.2. The van der Waals surface area contributed by atoms with Crippen LogP contribution in [0, 0.1) is 0 Å². The molecule has 0 aromatic heterocycles. The van der Waals surface area contributed by atoms with Gasteiger partial charge >= 0.3 is 95.5 Å². The molecule has 0 aliphatic carbocycles. The summed E-state index contributed by atoms with van der Waals surface area (Å²) in [4.78, 5) is 211. The number of ether oxygens (including phenoxy) is 29. The number of esters is 16. The van der Waals surface area contributed by atoms with Crippen LogP contribution in [0.15, 0.2) is 0 Å². The quantitative estimate of drug-likeness (QED) is 0.0500. The zero-order valence-corrected chi connectivity index (χ0v) is 81.3. The van der Waals surface area contributed by atoms with Gasteiger partial charge in [-0.3, -0.25) is 76.7 Å². The SMILES string of the molecule is CC(=O)O[C@H]1O[C@H](CBr)[C@@H](O[C@H]2O[C@H](CBr)[C@@H](O[C@H]3O[C@H](CBr)[C@@H](O[C@H]4O[C@H](CBr)[C@@H](O[C@H]5O[C@H](CBr)[C@@H](O[C@H]6O[C@H](CBr)[C@@H](O[C@H]7O[C@H](CBr)[C@@H](OC(C)=O)[C@H](OC(C)=O)[C@H]7OC(C)=O)[C@H](OC(C)=O)[C@H]6OC(C)=O)[C@H](OC(C)=O)[C@H]5OC(C)=O)[C@H](OC(C)=O)[C@H]4OC(C)=O)[C@H](OC(C)=O)[C@H]3OC(C)=O)[C@H](OC(C)=O)[C@H]2OC(C)=O)[C@H](OC(C)=O)[C@H]1OC(C)=O. The maximum absolute atomic E-state index is 13.7. The van der Waals surface area contributed by atoms with Crippen LogP contribution in [0.2, 0.25) is 0 Å². The van der Waals surface area contributed by atoms with Crippen molar-refractivity contribution >= 4 is 207 Å². The van der Waals surface area contributed by atoms with Gasteiger partial charge in [0.2, 0.25) is 12.4 Å². The molecule has 0 aromatic carbocycles. The fourth-order valence-electron chi connectivity index (χ4n) is 14.7. The lowest BCUT2D eigenvalue weighted by molar-refractivity contribution is -0.390. The van der Waals surface area contributed by atoms with Gasteiger partial charge in [0.05, 0.1) is 0 Å². The molecule has 7 saturated heterocycles. The van der Waals surface area contributed by atoms with Crippen LogP contribution in [0.1, 0.15) is 111 Å². The Morgan fingerprint density at radius 2 is 0.254 bits per heavy atom. The van der Waals surface area contributed by atoms with Crippen LogP contribution in [0.5, 0.6) is 0 Å². The largest absolute Gasteiger partial charge is 0.456 e. The Balaban J connectivity index is 1.26. The summed E-state index contributed by atoms with van der Waals surface area (Å²) in [7, 11) is 0. The number of hydrogen-bond acceptors (Lipinski definition) is 45. The normalized spacial score (nSPS) is 36.7. The van der Waals surface area contributed by atoms with Gasteiger partial charge in [-0.2, -0.15) is 0 Å². The predicted octanol–water partition coefficient (Wildman–Crippen LogP) is 2.67. The second kappa shape index (κ2) is 49.7. The van der Waals surface area contributed by atoms with E-state index in [-0.39, 0.29) is 37.3 Å². The van der Waals surface area contributed by atoms with E-state index in [1.165, 1.54) is 0 Å². The van der Waals surface area contributed by atoms with Crippen molar-refractivity contribution in [1.29, 1.82) is 0 Å². The first kappa shape index (κ1) is 107. The van der Waals surface area contributed by atoms with Crippen molar-refractivity contribution in [2.75, 3.05) is 37.3 Å². The van der Waals surface area contributed by atoms with Crippen molar-refractivity contribution in [2.24, 2.45) is 0 Å². The molecule has 7 heterocycles. The fourth-order valence-corrected chi connectivity index (χ4v) is 18.3. The maximum Gasteiger partial charge on any atom is 0.305 e. The molecule has 0 N–H and O–H groups in total. The van der Waals surface area contributed by atoms with Crippen molar-refractivity contribution in [3.8, 4) is 0 Å². The molecule has 0 aromatic rings. The van der Waals surface area contributed by atoms with E-state index in [0.717, 1.165) is 111 Å². The lowest BCUT2D eigenvalue weighted by atomic mass is 9.95. The van der Waals surface area contributed by atoms with Crippen molar-refractivity contribution in [1.82, 2.24) is 0 Å². The average Bonchev–Trinajstić information content (AvgIpc) is 0.754. The van der Waals surface area contributed by atoms with E-state index in [1.54, 1.807) is 0 Å². The highest BCUT2D eigenvalue weighted by Crippen LogP contribution is 2.45. The summed E-state index contributed by atoms with van der Waals surface area (Å²) in [6, 6.07) is 0. The fraction of sp³-hybridized carbons (Fsp3) is 0.784. The van der Waals surface area contributed by atoms with Crippen LogP contribution in [-0.4, -0.2) is 348 Å². The highest BCUT2D eigenvalue weighted by molar-refractivity contribution is 9.10. The Kier molecular flexibility index (Phi) is 42.4. The van der Waals surface area contributed by atoms with Crippen LogP contribution < -0.4 is 0 Å². The van der Waals surface area contributed by atoms with Gasteiger partial charge in [0.25, 0.3) is 0 Å². The molecular formula is C74H97Br7O45. The molecule has 7 aliphatic rings. The van der Waals surface area contributed by atoms with Crippen LogP contribution in [0.3, 0.4) is 0 Å². The minimum atomic E-state index is -2.04. The molecule has 0 saturated carbocycles. The van der Waals surface area contributed by atoms with Crippen LogP contribution >= 0.6 is 112 Å². The molecule has 35 atom stereocenters. The molecule has 52 heteroatoms. The van der Waals surface area contributed by atoms with E-state index >= 15 is 0 Å². The second-order valence-electron chi connectivity index (χ2n) is 28.7. The lowest BCUT2D eigenvalue weighted by Gasteiger charge is -2.52. The lowest BCUT2D eigenvalue weighted by Crippen LogP contribution is -2.70. The summed E-state index contributed by atoms with van der Waals surface area (Å²) in [6.07, 6.45) is -61.7. The molecule has 0 spiro atoms. The minimum absolute atomic E-state index is 0.132. The topological polar surface area (TPSA) is 541 Å². The van der Waals surface area contributed by atoms with Crippen molar-refractivity contribution in [3.63, 3.8) is 0 Å². The first-order valence-electron chi connectivity index (χ1n) is 38.5. The summed E-state index contributed by atoms with van der Waals surface area (Å²) in [6.45, 7) is 15.8. The summed E-state index contributed by atoms with van der Waals surface area (Å²) < 4.78 is 178. The standard InChI is InChI=1S/C74H97Br7O45/c1-24(82)98-47-40(17-75)115-69(62(107-33(10)91)54(47)99-25(2)83)122-49-42(19-77)117-71(64(109-35(12)93)56(49)101-27(4)85)124-51-44(21-79)119-73(66(111-37(14)95)58(51)103-29(6)87)126-53-46(23-81)120-74(67(112-38(15)96)60(53)105-31(8)89)125-52-45(22-80)118-72(65(110-36(13)94)59(52)104-30(7)88)123-50-43(20-78)116-70(63(108-34(11)92)57(50)102-28(5)86)121-48-41(18-76)114-68(113-39(16)97)61(106-32(9)90)55(48)100-26(3)84/h40-74H,17-23H2,1-16H3/t40-,41-,42-,43-,44-,45-,46-,47-,48-,49-,50-,51-,52-,53-,54+,55+,56+,57+,58+,59+,60+,61-,62-,63-,64-,65-,66-,67-,68+,69-,70-,71-,72-,73-,74-/m1/s1. The number of carbonyl (C=O) groups is 16. The molecule has 0 radical (unpaired) electrons. The third kappa shape index (κ3) is 29.2. The van der Waals surface area contributed by atoms with Gasteiger partial charge in [0.1, 0.15) is 79.4 Å². The minimum Gasteiger partial charge on any atom is -0.456 e. The molecule has 126 heavy (non-hydrogen) atoms. The van der Waals surface area contributed by atoms with E-state index in [1.807, 2.05) is 0 Å². The molecule has 0 bridgehead atoms. The van der Waals surface area contributed by atoms with Gasteiger partial charge in [0, 0.05) is 148 Å². The Bertz CT molecular complexity index is 3830. The highest BCUT2D eigenvalue weighted by atomic mass is 79.9. The van der Waals surface area contributed by atoms with E-state index in [9.17, 15) is 76.7 Å². The molecule has 712 valence electrons. The first-order chi connectivity index (χ1) is 59.3. The molecule has 7 rings (SSSR count). The van der Waals surface area contributed by atoms with Crippen molar-refractivity contribution in [3.05, 3.63) is 0 Å². The molecule has 0 unspecified atom stereocenters. The molecule has 7 aliphatic heterocycles. The Labute approximate surface area is 778 Å². The zero-order valence-electron chi connectivity index (χ0n) is 70.2. The third-order valence-corrected chi connectivity index (χ3v) is 23.2.